The molecule has 0 amide bonds. The van der Waals surface area contributed by atoms with Crippen LogP contribution in [0, 0.1) is 6.92 Å². The first-order chi connectivity index (χ1) is 14.0. The molecule has 29 heavy (non-hydrogen) atoms. The molecule has 1 saturated heterocycles. The highest BCUT2D eigenvalue weighted by atomic mass is 32.2. The maximum Gasteiger partial charge on any atom is 0.243 e. The number of nitrogens with zero attached hydrogens (tertiary/aromatic N) is 1. The van der Waals surface area contributed by atoms with Crippen molar-refractivity contribution in [3.05, 3.63) is 65.7 Å². The van der Waals surface area contributed by atoms with Crippen LogP contribution in [0.1, 0.15) is 18.1 Å². The van der Waals surface area contributed by atoms with Crippen LogP contribution in [-0.4, -0.2) is 57.8 Å². The van der Waals surface area contributed by atoms with Crippen molar-refractivity contribution >= 4 is 10.0 Å². The lowest BCUT2D eigenvalue weighted by molar-refractivity contribution is -0.0509. The monoisotopic (exact) mass is 419 g/mol. The van der Waals surface area contributed by atoms with E-state index in [0.717, 1.165) is 11.1 Å². The van der Waals surface area contributed by atoms with Crippen molar-refractivity contribution in [1.29, 1.82) is 0 Å². The summed E-state index contributed by atoms with van der Waals surface area (Å²) in [6, 6.07) is 16.8. The molecule has 0 aromatic heterocycles. The Morgan fingerprint density at radius 2 is 1.79 bits per heavy atom. The first kappa shape index (κ1) is 21.9. The standard InChI is InChI=1S/C22H29NO5S/c1-3-27-21-14-23(29(24,25)22-11-9-18(2)10-12-22)13-20(28-17-21)16-26-15-19-7-5-4-6-8-19/h4-12,20-21H,3,13-17H2,1-2H3. The van der Waals surface area contributed by atoms with Crippen LogP contribution < -0.4 is 0 Å². The van der Waals surface area contributed by atoms with Crippen molar-refractivity contribution in [1.82, 2.24) is 4.31 Å². The molecule has 0 radical (unpaired) electrons. The summed E-state index contributed by atoms with van der Waals surface area (Å²) in [6.45, 7) is 5.93. The Hall–Kier alpha value is -1.77. The summed E-state index contributed by atoms with van der Waals surface area (Å²) in [4.78, 5) is 0.282. The minimum absolute atomic E-state index is 0.231. The van der Waals surface area contributed by atoms with Gasteiger partial charge in [0.15, 0.2) is 0 Å². The van der Waals surface area contributed by atoms with Gasteiger partial charge in [-0.25, -0.2) is 8.42 Å². The van der Waals surface area contributed by atoms with Crippen LogP contribution in [0.2, 0.25) is 0 Å². The summed E-state index contributed by atoms with van der Waals surface area (Å²) in [5, 5.41) is 0. The lowest BCUT2D eigenvalue weighted by Gasteiger charge is -2.24. The Morgan fingerprint density at radius 3 is 2.48 bits per heavy atom. The summed E-state index contributed by atoms with van der Waals surface area (Å²) in [6.07, 6.45) is -0.663. The van der Waals surface area contributed by atoms with E-state index < -0.39 is 10.0 Å². The number of ether oxygens (including phenoxy) is 3. The second-order valence-electron chi connectivity index (χ2n) is 7.17. The van der Waals surface area contributed by atoms with E-state index in [0.29, 0.717) is 26.4 Å². The molecule has 0 spiro atoms. The van der Waals surface area contributed by atoms with Gasteiger partial charge in [0.05, 0.1) is 36.9 Å². The smallest absolute Gasteiger partial charge is 0.243 e. The molecule has 2 aromatic rings. The van der Waals surface area contributed by atoms with Crippen molar-refractivity contribution in [3.63, 3.8) is 0 Å². The number of sulfonamides is 1. The van der Waals surface area contributed by atoms with E-state index in [2.05, 4.69) is 0 Å². The summed E-state index contributed by atoms with van der Waals surface area (Å²) >= 11 is 0. The minimum Gasteiger partial charge on any atom is -0.375 e. The van der Waals surface area contributed by atoms with Gasteiger partial charge in [-0.3, -0.25) is 0 Å². The molecule has 1 aliphatic rings. The average molecular weight is 420 g/mol. The van der Waals surface area contributed by atoms with Gasteiger partial charge in [0, 0.05) is 19.7 Å². The number of rotatable bonds is 8. The molecule has 1 heterocycles. The summed E-state index contributed by atoms with van der Waals surface area (Å²) in [7, 11) is -3.65. The van der Waals surface area contributed by atoms with E-state index in [1.807, 2.05) is 56.3 Å². The van der Waals surface area contributed by atoms with Crippen molar-refractivity contribution in [3.8, 4) is 0 Å². The molecule has 0 N–H and O–H groups in total. The quantitative estimate of drug-likeness (QED) is 0.658. The third kappa shape index (κ3) is 6.10. The Kier molecular flexibility index (Phi) is 7.80. The third-order valence-corrected chi connectivity index (χ3v) is 6.65. The molecule has 0 saturated carbocycles. The van der Waals surface area contributed by atoms with E-state index in [1.54, 1.807) is 12.1 Å². The van der Waals surface area contributed by atoms with E-state index in [9.17, 15) is 8.42 Å². The zero-order valence-corrected chi connectivity index (χ0v) is 17.8. The molecule has 3 rings (SSSR count). The molecule has 1 aliphatic heterocycles. The van der Waals surface area contributed by atoms with E-state index in [-0.39, 0.29) is 30.2 Å². The Balaban J connectivity index is 1.70. The number of hydrogen-bond acceptors (Lipinski definition) is 5. The van der Waals surface area contributed by atoms with E-state index in [1.165, 1.54) is 4.31 Å². The minimum atomic E-state index is -3.65. The molecule has 2 unspecified atom stereocenters. The van der Waals surface area contributed by atoms with Gasteiger partial charge in [0.1, 0.15) is 0 Å². The van der Waals surface area contributed by atoms with Crippen molar-refractivity contribution in [2.45, 2.75) is 37.6 Å². The van der Waals surface area contributed by atoms with Gasteiger partial charge in [-0.1, -0.05) is 48.0 Å². The van der Waals surface area contributed by atoms with Gasteiger partial charge in [0.25, 0.3) is 0 Å². The summed E-state index contributed by atoms with van der Waals surface area (Å²) in [5.41, 5.74) is 2.08. The second-order valence-corrected chi connectivity index (χ2v) is 9.11. The highest BCUT2D eigenvalue weighted by Crippen LogP contribution is 2.21. The van der Waals surface area contributed by atoms with E-state index >= 15 is 0 Å². The number of aryl methyl sites for hydroxylation is 1. The first-order valence-corrected chi connectivity index (χ1v) is 11.3. The SMILES string of the molecule is CCOC1COC(COCc2ccccc2)CN(S(=O)(=O)c2ccc(C)cc2)C1. The van der Waals surface area contributed by atoms with Gasteiger partial charge in [-0.15, -0.1) is 0 Å². The van der Waals surface area contributed by atoms with Gasteiger partial charge in [-0.2, -0.15) is 4.31 Å². The van der Waals surface area contributed by atoms with Gasteiger partial charge in [-0.05, 0) is 31.5 Å². The van der Waals surface area contributed by atoms with Crippen molar-refractivity contribution in [2.24, 2.45) is 0 Å². The van der Waals surface area contributed by atoms with Crippen LogP contribution in [-0.2, 0) is 30.8 Å². The molecule has 6 nitrogen and oxygen atoms in total. The van der Waals surface area contributed by atoms with Crippen LogP contribution in [0.4, 0.5) is 0 Å². The van der Waals surface area contributed by atoms with Crippen LogP contribution in [0.25, 0.3) is 0 Å². The lowest BCUT2D eigenvalue weighted by Crippen LogP contribution is -2.41. The second kappa shape index (κ2) is 10.3. The molecule has 2 atom stereocenters. The number of hydrogen-bond donors (Lipinski definition) is 0. The van der Waals surface area contributed by atoms with Crippen LogP contribution in [0.15, 0.2) is 59.5 Å². The zero-order chi connectivity index (χ0) is 20.7. The summed E-state index contributed by atoms with van der Waals surface area (Å²) < 4.78 is 45.3. The fourth-order valence-corrected chi connectivity index (χ4v) is 4.76. The average Bonchev–Trinajstić information content (AvgIpc) is 2.92. The molecule has 0 aliphatic carbocycles. The number of benzene rings is 2. The highest BCUT2D eigenvalue weighted by Gasteiger charge is 2.33. The maximum absolute atomic E-state index is 13.2. The van der Waals surface area contributed by atoms with Gasteiger partial charge < -0.3 is 14.2 Å². The van der Waals surface area contributed by atoms with Gasteiger partial charge >= 0.3 is 0 Å². The largest absolute Gasteiger partial charge is 0.375 e. The normalized spacial score (nSPS) is 21.0. The third-order valence-electron chi connectivity index (χ3n) is 4.81. The van der Waals surface area contributed by atoms with Crippen LogP contribution >= 0.6 is 0 Å². The zero-order valence-electron chi connectivity index (χ0n) is 17.0. The maximum atomic E-state index is 13.2. The lowest BCUT2D eigenvalue weighted by atomic mass is 10.2. The highest BCUT2D eigenvalue weighted by molar-refractivity contribution is 7.89. The van der Waals surface area contributed by atoms with Crippen LogP contribution in [0.3, 0.4) is 0 Å². The van der Waals surface area contributed by atoms with E-state index in [4.69, 9.17) is 14.2 Å². The van der Waals surface area contributed by atoms with Crippen molar-refractivity contribution in [2.75, 3.05) is 32.9 Å². The predicted molar refractivity (Wildman–Crippen MR) is 111 cm³/mol. The molecular formula is C22H29NO5S. The fourth-order valence-electron chi connectivity index (χ4n) is 3.25. The molecule has 0 bridgehead atoms. The molecule has 7 heteroatoms. The predicted octanol–water partition coefficient (Wildman–Crippen LogP) is 3.01. The van der Waals surface area contributed by atoms with Gasteiger partial charge in [0.2, 0.25) is 10.0 Å². The Bertz CT molecular complexity index is 855. The topological polar surface area (TPSA) is 65.1 Å². The molecule has 1 fully saturated rings. The van der Waals surface area contributed by atoms with Crippen molar-refractivity contribution < 1.29 is 22.6 Å². The molecule has 158 valence electrons. The molecular weight excluding hydrogens is 390 g/mol. The Labute approximate surface area is 173 Å². The van der Waals surface area contributed by atoms with Crippen LogP contribution in [0.5, 0.6) is 0 Å². The molecule has 2 aromatic carbocycles. The Morgan fingerprint density at radius 1 is 1.07 bits per heavy atom. The first-order valence-electron chi connectivity index (χ1n) is 9.90. The fraction of sp³-hybridized carbons (Fsp3) is 0.455. The summed E-state index contributed by atoms with van der Waals surface area (Å²) in [5.74, 6) is 0.